The fourth-order valence-electron chi connectivity index (χ4n) is 7.70. The Morgan fingerprint density at radius 3 is 2.32 bits per heavy atom. The van der Waals surface area contributed by atoms with Gasteiger partial charge < -0.3 is 10.2 Å². The third-order valence-electron chi connectivity index (χ3n) is 11.1. The van der Waals surface area contributed by atoms with Crippen LogP contribution in [0.5, 0.6) is 0 Å². The third kappa shape index (κ3) is 10.9. The molecule has 0 bridgehead atoms. The average molecular weight is 640 g/mol. The molecule has 3 heteroatoms. The molecular weight excluding hydrogens is 571 g/mol. The van der Waals surface area contributed by atoms with Gasteiger partial charge in [-0.3, -0.25) is 4.90 Å². The second kappa shape index (κ2) is 19.4. The van der Waals surface area contributed by atoms with Gasteiger partial charge in [-0.15, -0.1) is 0 Å². The molecule has 3 nitrogen and oxygen atoms in total. The van der Waals surface area contributed by atoms with E-state index >= 15 is 0 Å². The number of rotatable bonds is 15. The molecule has 1 saturated heterocycles. The number of likely N-dealkylation sites (N-methyl/N-ethyl adjacent to an activating group) is 1. The molecule has 0 radical (unpaired) electrons. The Labute approximate surface area is 290 Å². The molecule has 0 aromatic heterocycles. The lowest BCUT2D eigenvalue weighted by Gasteiger charge is -2.37. The van der Waals surface area contributed by atoms with Crippen LogP contribution in [0.4, 0.5) is 0 Å². The standard InChI is InChI=1S/C42H63N3.C2H6/c1-9-15-39-16-11-12-17-40(39)41-29-37(21-20-34(41)5)30-45-26-22-36(23-27-45)28-38(10-2)33(4)19-18-32(3)35(6)43-31-42(44(7)8)24-13-14-25-42;1-2/h11-12,16-18,20-21,29,36,43H,6,9-10,13-15,19,22-28,30-31H2,1-5,7-8H3;1-2H3/b32-18?,38-33+;. The first-order valence-electron chi connectivity index (χ1n) is 19.0. The zero-order valence-electron chi connectivity index (χ0n) is 31.9. The predicted octanol–water partition coefficient (Wildman–Crippen LogP) is 11.3. The number of hydrogen-bond acceptors (Lipinski definition) is 3. The van der Waals surface area contributed by atoms with Crippen LogP contribution >= 0.6 is 0 Å². The van der Waals surface area contributed by atoms with E-state index in [1.807, 2.05) is 13.8 Å². The van der Waals surface area contributed by atoms with E-state index in [2.05, 4.69) is 119 Å². The van der Waals surface area contributed by atoms with Gasteiger partial charge in [0.1, 0.15) is 0 Å². The highest BCUT2D eigenvalue weighted by atomic mass is 15.2. The highest BCUT2D eigenvalue weighted by molar-refractivity contribution is 5.71. The predicted molar refractivity (Wildman–Crippen MR) is 208 cm³/mol. The lowest BCUT2D eigenvalue weighted by atomic mass is 9.86. The highest BCUT2D eigenvalue weighted by Crippen LogP contribution is 2.34. The minimum absolute atomic E-state index is 0.285. The molecule has 1 N–H and O–H groups in total. The Morgan fingerprint density at radius 2 is 1.68 bits per heavy atom. The van der Waals surface area contributed by atoms with Gasteiger partial charge in [0.05, 0.1) is 0 Å². The summed E-state index contributed by atoms with van der Waals surface area (Å²) in [6, 6.07) is 16.1. The number of piperidine rings is 1. The maximum absolute atomic E-state index is 4.40. The number of nitrogens with zero attached hydrogens (tertiary/aromatic N) is 2. The lowest BCUT2D eigenvalue weighted by Crippen LogP contribution is -2.49. The van der Waals surface area contributed by atoms with E-state index in [1.54, 1.807) is 11.1 Å². The molecule has 0 atom stereocenters. The Balaban J connectivity index is 0.00000294. The highest BCUT2D eigenvalue weighted by Gasteiger charge is 2.35. The van der Waals surface area contributed by atoms with Crippen LogP contribution in [0.1, 0.15) is 122 Å². The molecule has 4 rings (SSSR count). The summed E-state index contributed by atoms with van der Waals surface area (Å²) in [6.45, 7) is 24.3. The van der Waals surface area contributed by atoms with Crippen molar-refractivity contribution in [1.29, 1.82) is 0 Å². The number of likely N-dealkylation sites (tertiary alicyclic amines) is 1. The number of allylic oxidation sites excluding steroid dienone is 4. The van der Waals surface area contributed by atoms with Crippen LogP contribution in [0.25, 0.3) is 11.1 Å². The molecule has 1 saturated carbocycles. The summed E-state index contributed by atoms with van der Waals surface area (Å²) in [4.78, 5) is 5.11. The molecule has 47 heavy (non-hydrogen) atoms. The van der Waals surface area contributed by atoms with Crippen molar-refractivity contribution in [2.45, 2.75) is 131 Å². The zero-order chi connectivity index (χ0) is 34.4. The van der Waals surface area contributed by atoms with E-state index in [0.29, 0.717) is 0 Å². The van der Waals surface area contributed by atoms with Crippen molar-refractivity contribution in [2.24, 2.45) is 5.92 Å². The van der Waals surface area contributed by atoms with E-state index < -0.39 is 0 Å². The van der Waals surface area contributed by atoms with Crippen LogP contribution in [0.2, 0.25) is 0 Å². The van der Waals surface area contributed by atoms with Crippen LogP contribution < -0.4 is 5.32 Å². The first kappa shape index (κ1) is 38.8. The van der Waals surface area contributed by atoms with Crippen molar-refractivity contribution >= 4 is 0 Å². The Hall–Kier alpha value is -2.62. The molecule has 1 heterocycles. The molecule has 2 aromatic carbocycles. The molecule has 1 aliphatic carbocycles. The fraction of sp³-hybridized carbons (Fsp3) is 0.591. The van der Waals surface area contributed by atoms with E-state index in [-0.39, 0.29) is 5.54 Å². The first-order valence-corrected chi connectivity index (χ1v) is 19.0. The van der Waals surface area contributed by atoms with Crippen molar-refractivity contribution in [3.05, 3.63) is 94.2 Å². The van der Waals surface area contributed by atoms with E-state index in [1.165, 1.54) is 97.8 Å². The Kier molecular flexibility index (Phi) is 16.0. The summed E-state index contributed by atoms with van der Waals surface area (Å²) in [5, 5.41) is 3.70. The van der Waals surface area contributed by atoms with Crippen molar-refractivity contribution in [3.8, 4) is 11.1 Å². The minimum Gasteiger partial charge on any atom is -0.383 e. The van der Waals surface area contributed by atoms with Crippen molar-refractivity contribution in [2.75, 3.05) is 33.7 Å². The van der Waals surface area contributed by atoms with Crippen LogP contribution in [0, 0.1) is 12.8 Å². The number of hydrogen-bond donors (Lipinski definition) is 1. The SMILES string of the molecule is C=C(NCC1(N(C)C)CCCC1)C(C)=CC/C(C)=C(\CC)CC1CCN(Cc2ccc(C)c(-c3ccccc3CCC)c2)CC1.CC. The van der Waals surface area contributed by atoms with Gasteiger partial charge in [-0.25, -0.2) is 0 Å². The van der Waals surface area contributed by atoms with Gasteiger partial charge in [0.15, 0.2) is 0 Å². The summed E-state index contributed by atoms with van der Waals surface area (Å²) in [6.07, 6.45) is 16.0. The molecule has 2 aliphatic rings. The Morgan fingerprint density at radius 1 is 1.00 bits per heavy atom. The third-order valence-corrected chi connectivity index (χ3v) is 11.1. The van der Waals surface area contributed by atoms with Crippen LogP contribution in [0.15, 0.2) is 77.5 Å². The molecule has 2 aromatic rings. The summed E-state index contributed by atoms with van der Waals surface area (Å²) in [5.41, 5.74) is 13.0. The van der Waals surface area contributed by atoms with Crippen LogP contribution in [-0.2, 0) is 13.0 Å². The summed E-state index contributed by atoms with van der Waals surface area (Å²) >= 11 is 0. The summed E-state index contributed by atoms with van der Waals surface area (Å²) in [7, 11) is 4.47. The number of aryl methyl sites for hydroxylation is 2. The second-order valence-corrected chi connectivity index (χ2v) is 14.5. The topological polar surface area (TPSA) is 18.5 Å². The minimum atomic E-state index is 0.285. The monoisotopic (exact) mass is 640 g/mol. The average Bonchev–Trinajstić information content (AvgIpc) is 3.58. The molecule has 0 spiro atoms. The van der Waals surface area contributed by atoms with Crippen molar-refractivity contribution in [1.82, 2.24) is 15.1 Å². The molecule has 260 valence electrons. The second-order valence-electron chi connectivity index (χ2n) is 14.5. The normalized spacial score (nSPS) is 17.7. The van der Waals surface area contributed by atoms with E-state index in [4.69, 9.17) is 0 Å². The molecule has 2 fully saturated rings. The Bertz CT molecular complexity index is 1320. The largest absolute Gasteiger partial charge is 0.383 e. The van der Waals surface area contributed by atoms with E-state index in [9.17, 15) is 0 Å². The van der Waals surface area contributed by atoms with Gasteiger partial charge in [0.2, 0.25) is 0 Å². The molecular formula is C44H69N3. The van der Waals surface area contributed by atoms with Gasteiger partial charge in [-0.05, 0) is 145 Å². The smallest absolute Gasteiger partial charge is 0.0375 e. The summed E-state index contributed by atoms with van der Waals surface area (Å²) < 4.78 is 0. The number of nitrogens with one attached hydrogen (secondary N) is 1. The van der Waals surface area contributed by atoms with Gasteiger partial charge in [-0.1, -0.05) is 107 Å². The van der Waals surface area contributed by atoms with Crippen LogP contribution in [-0.4, -0.2) is 49.1 Å². The van der Waals surface area contributed by atoms with Crippen molar-refractivity contribution in [3.63, 3.8) is 0 Å². The first-order chi connectivity index (χ1) is 22.7. The quantitative estimate of drug-likeness (QED) is 0.154. The zero-order valence-corrected chi connectivity index (χ0v) is 31.9. The van der Waals surface area contributed by atoms with Gasteiger partial charge in [0.25, 0.3) is 0 Å². The maximum Gasteiger partial charge on any atom is 0.0375 e. The van der Waals surface area contributed by atoms with Gasteiger partial charge in [0, 0.05) is 24.3 Å². The molecule has 0 unspecified atom stereocenters. The fourth-order valence-corrected chi connectivity index (χ4v) is 7.70. The van der Waals surface area contributed by atoms with E-state index in [0.717, 1.165) is 44.0 Å². The summed E-state index contributed by atoms with van der Waals surface area (Å²) in [5.74, 6) is 0.802. The number of benzene rings is 2. The molecule has 1 aliphatic heterocycles. The van der Waals surface area contributed by atoms with Gasteiger partial charge >= 0.3 is 0 Å². The van der Waals surface area contributed by atoms with Gasteiger partial charge in [-0.2, -0.15) is 0 Å². The van der Waals surface area contributed by atoms with Crippen molar-refractivity contribution < 1.29 is 0 Å². The lowest BCUT2D eigenvalue weighted by molar-refractivity contribution is 0.158. The maximum atomic E-state index is 4.40. The van der Waals surface area contributed by atoms with Crippen LogP contribution in [0.3, 0.4) is 0 Å². The molecule has 0 amide bonds.